The van der Waals surface area contributed by atoms with Crippen molar-refractivity contribution in [2.24, 2.45) is 11.5 Å². The zero-order chi connectivity index (χ0) is 3.41. The van der Waals surface area contributed by atoms with Crippen molar-refractivity contribution in [3.63, 3.8) is 0 Å². The standard InChI is InChI=1S/C2H8N2.Re/c3-1-2-4;/h1-4H2;. The number of hydrogen-bond acceptors (Lipinski definition) is 2. The van der Waals surface area contributed by atoms with Crippen molar-refractivity contribution >= 4 is 0 Å². The van der Waals surface area contributed by atoms with Gasteiger partial charge in [-0.15, -0.1) is 0 Å². The van der Waals surface area contributed by atoms with E-state index in [1.54, 1.807) is 0 Å². The van der Waals surface area contributed by atoms with E-state index in [9.17, 15) is 0 Å². The Labute approximate surface area is 45.6 Å². The largest absolute Gasteiger partial charge is 0.329 e. The van der Waals surface area contributed by atoms with Gasteiger partial charge in [-0.3, -0.25) is 0 Å². The van der Waals surface area contributed by atoms with Gasteiger partial charge in [-0.05, 0) is 0 Å². The van der Waals surface area contributed by atoms with E-state index in [1.165, 1.54) is 0 Å². The predicted octanol–water partition coefficient (Wildman–Crippen LogP) is -1.10. The zero-order valence-electron chi connectivity index (χ0n) is 2.95. The summed E-state index contributed by atoms with van der Waals surface area (Å²) in [6, 6.07) is 0. The van der Waals surface area contributed by atoms with E-state index in [4.69, 9.17) is 11.5 Å². The van der Waals surface area contributed by atoms with Gasteiger partial charge in [0.1, 0.15) is 0 Å². The summed E-state index contributed by atoms with van der Waals surface area (Å²) in [6.45, 7) is 1.19. The van der Waals surface area contributed by atoms with E-state index in [0.29, 0.717) is 13.1 Å². The molecule has 0 aromatic rings. The first kappa shape index (κ1) is 9.13. The van der Waals surface area contributed by atoms with Crippen LogP contribution in [0.25, 0.3) is 0 Å². The summed E-state index contributed by atoms with van der Waals surface area (Å²) < 4.78 is 0. The summed E-state index contributed by atoms with van der Waals surface area (Å²) in [5.74, 6) is 0. The second kappa shape index (κ2) is 8.82. The van der Waals surface area contributed by atoms with Crippen LogP contribution in [0.15, 0.2) is 0 Å². The summed E-state index contributed by atoms with van der Waals surface area (Å²) in [5, 5.41) is 0. The van der Waals surface area contributed by atoms with Gasteiger partial charge in [0.15, 0.2) is 0 Å². The Balaban J connectivity index is 0. The molecule has 0 amide bonds. The first-order valence-corrected chi connectivity index (χ1v) is 1.32. The van der Waals surface area contributed by atoms with Gasteiger partial charge in [0.2, 0.25) is 0 Å². The molecule has 0 aliphatic rings. The molecule has 0 aromatic carbocycles. The second-order valence-electron chi connectivity index (χ2n) is 0.577. The van der Waals surface area contributed by atoms with Crippen LogP contribution in [0, 0.1) is 0 Å². The van der Waals surface area contributed by atoms with Gasteiger partial charge < -0.3 is 11.5 Å². The van der Waals surface area contributed by atoms with Crippen LogP contribution in [0.1, 0.15) is 0 Å². The molecule has 0 saturated carbocycles. The van der Waals surface area contributed by atoms with E-state index >= 15 is 0 Å². The second-order valence-corrected chi connectivity index (χ2v) is 0.577. The molecule has 3 heteroatoms. The maximum Gasteiger partial charge on any atom is 0.00461 e. The molecule has 2 nitrogen and oxygen atoms in total. The quantitative estimate of drug-likeness (QED) is 0.617. The summed E-state index contributed by atoms with van der Waals surface area (Å²) in [4.78, 5) is 0. The molecule has 0 rings (SSSR count). The van der Waals surface area contributed by atoms with Crippen LogP contribution >= 0.6 is 0 Å². The van der Waals surface area contributed by atoms with E-state index in [0.717, 1.165) is 0 Å². The van der Waals surface area contributed by atoms with Crippen LogP contribution in [0.2, 0.25) is 0 Å². The predicted molar refractivity (Wildman–Crippen MR) is 18.1 cm³/mol. The summed E-state index contributed by atoms with van der Waals surface area (Å²) in [6.07, 6.45) is 0. The fourth-order valence-corrected chi connectivity index (χ4v) is 0. The third kappa shape index (κ3) is 12.2. The SMILES string of the molecule is NCCN.[Re]. The third-order valence-corrected chi connectivity index (χ3v) is 0.167. The minimum Gasteiger partial charge on any atom is -0.329 e. The molecular weight excluding hydrogens is 238 g/mol. The van der Waals surface area contributed by atoms with Crippen molar-refractivity contribution in [1.82, 2.24) is 0 Å². The molecule has 4 N–H and O–H groups in total. The molecule has 0 aromatic heterocycles. The van der Waals surface area contributed by atoms with Gasteiger partial charge in [-0.25, -0.2) is 0 Å². The van der Waals surface area contributed by atoms with Crippen molar-refractivity contribution in [2.75, 3.05) is 13.1 Å². The van der Waals surface area contributed by atoms with Gasteiger partial charge >= 0.3 is 0 Å². The van der Waals surface area contributed by atoms with Crippen molar-refractivity contribution in [2.45, 2.75) is 0 Å². The van der Waals surface area contributed by atoms with Crippen molar-refractivity contribution in [3.8, 4) is 0 Å². The van der Waals surface area contributed by atoms with E-state index in [-0.39, 0.29) is 20.4 Å². The molecule has 33 valence electrons. The first-order chi connectivity index (χ1) is 1.91. The molecule has 0 atom stereocenters. The summed E-state index contributed by atoms with van der Waals surface area (Å²) in [7, 11) is 0. The van der Waals surface area contributed by atoms with E-state index < -0.39 is 0 Å². The zero-order valence-corrected chi connectivity index (χ0v) is 5.66. The Morgan fingerprint density at radius 1 is 1.00 bits per heavy atom. The Morgan fingerprint density at radius 3 is 1.20 bits per heavy atom. The molecule has 0 bridgehead atoms. The van der Waals surface area contributed by atoms with Crippen molar-refractivity contribution in [1.29, 1.82) is 0 Å². The smallest absolute Gasteiger partial charge is 0.00461 e. The average Bonchev–Trinajstić information content (AvgIpc) is 1.37. The Morgan fingerprint density at radius 2 is 1.20 bits per heavy atom. The van der Waals surface area contributed by atoms with Gasteiger partial charge in [-0.2, -0.15) is 0 Å². The molecule has 0 fully saturated rings. The topological polar surface area (TPSA) is 52.0 Å². The molecule has 1 radical (unpaired) electrons. The minimum absolute atomic E-state index is 0. The molecule has 5 heavy (non-hydrogen) atoms. The van der Waals surface area contributed by atoms with Gasteiger partial charge in [-0.1, -0.05) is 0 Å². The number of hydrogen-bond donors (Lipinski definition) is 2. The Bertz CT molecular complexity index is 9.61. The number of rotatable bonds is 1. The van der Waals surface area contributed by atoms with Crippen molar-refractivity contribution < 1.29 is 20.4 Å². The number of nitrogens with two attached hydrogens (primary N) is 2. The summed E-state index contributed by atoms with van der Waals surface area (Å²) in [5.41, 5.74) is 9.81. The molecule has 0 aliphatic heterocycles. The minimum atomic E-state index is 0. The van der Waals surface area contributed by atoms with E-state index in [2.05, 4.69) is 0 Å². The third-order valence-electron chi connectivity index (χ3n) is 0.167. The van der Waals surface area contributed by atoms with Crippen LogP contribution in [0.4, 0.5) is 0 Å². The fraction of sp³-hybridized carbons (Fsp3) is 1.00. The Hall–Kier alpha value is 0.582. The monoisotopic (exact) mass is 247 g/mol. The molecular formula is C2H8N2Re. The summed E-state index contributed by atoms with van der Waals surface area (Å²) >= 11 is 0. The van der Waals surface area contributed by atoms with Crippen molar-refractivity contribution in [3.05, 3.63) is 0 Å². The van der Waals surface area contributed by atoms with Gasteiger partial charge in [0.05, 0.1) is 0 Å². The van der Waals surface area contributed by atoms with Crippen LogP contribution < -0.4 is 11.5 Å². The molecule has 0 saturated heterocycles. The van der Waals surface area contributed by atoms with Gasteiger partial charge in [0, 0.05) is 33.5 Å². The van der Waals surface area contributed by atoms with Gasteiger partial charge in [0.25, 0.3) is 0 Å². The average molecular weight is 246 g/mol. The normalized spacial score (nSPS) is 6.00. The molecule has 0 spiro atoms. The van der Waals surface area contributed by atoms with Crippen LogP contribution in [0.3, 0.4) is 0 Å². The first-order valence-electron chi connectivity index (χ1n) is 1.32. The van der Waals surface area contributed by atoms with E-state index in [1.807, 2.05) is 0 Å². The molecule has 0 heterocycles. The molecule has 0 unspecified atom stereocenters. The maximum atomic E-state index is 4.90. The fourth-order valence-electron chi connectivity index (χ4n) is 0. The van der Waals surface area contributed by atoms with Crippen LogP contribution in [-0.2, 0) is 20.4 Å². The molecule has 0 aliphatic carbocycles. The van der Waals surface area contributed by atoms with Crippen LogP contribution in [0.5, 0.6) is 0 Å². The maximum absolute atomic E-state index is 4.90. The van der Waals surface area contributed by atoms with Crippen LogP contribution in [-0.4, -0.2) is 13.1 Å². The Kier molecular flexibility index (Phi) is 16.1.